The van der Waals surface area contributed by atoms with Crippen molar-refractivity contribution in [2.24, 2.45) is 0 Å². The van der Waals surface area contributed by atoms with E-state index >= 15 is 0 Å². The summed E-state index contributed by atoms with van der Waals surface area (Å²) in [6, 6.07) is 17.6. The average molecular weight is 650 g/mol. The third-order valence-corrected chi connectivity index (χ3v) is 9.00. The number of anilines is 2. The third kappa shape index (κ3) is 7.98. The lowest BCUT2D eigenvalue weighted by Gasteiger charge is -2.33. The summed E-state index contributed by atoms with van der Waals surface area (Å²) in [6.07, 6.45) is 4.84. The predicted molar refractivity (Wildman–Crippen MR) is 186 cm³/mol. The molecule has 4 heterocycles. The van der Waals surface area contributed by atoms with Gasteiger partial charge in [0.25, 0.3) is 0 Å². The van der Waals surface area contributed by atoms with Crippen molar-refractivity contribution >= 4 is 45.1 Å². The van der Waals surface area contributed by atoms with E-state index in [1.165, 1.54) is 11.3 Å². The molecule has 11 heteroatoms. The van der Waals surface area contributed by atoms with Crippen molar-refractivity contribution in [1.29, 1.82) is 0 Å². The summed E-state index contributed by atoms with van der Waals surface area (Å²) in [6.45, 7) is 11.6. The number of nitrogens with zero attached hydrogens (tertiary/aromatic N) is 7. The highest BCUT2D eigenvalue weighted by Crippen LogP contribution is 2.34. The van der Waals surface area contributed by atoms with Crippen LogP contribution in [0.3, 0.4) is 0 Å². The number of aryl methyl sites for hydroxylation is 1. The van der Waals surface area contributed by atoms with E-state index in [0.29, 0.717) is 23.1 Å². The number of hydrogen-bond acceptors (Lipinski definition) is 10. The zero-order valence-corrected chi connectivity index (χ0v) is 28.3. The number of rotatable bonds is 8. The molecule has 5 aromatic rings. The number of likely N-dealkylation sites (N-methyl/N-ethyl adjacent to an activating group) is 1. The van der Waals surface area contributed by atoms with Crippen molar-refractivity contribution in [3.8, 4) is 10.4 Å². The molecule has 47 heavy (non-hydrogen) atoms. The van der Waals surface area contributed by atoms with Crippen molar-refractivity contribution in [2.75, 3.05) is 43.0 Å². The van der Waals surface area contributed by atoms with E-state index in [9.17, 15) is 9.59 Å². The highest BCUT2D eigenvalue weighted by molar-refractivity contribution is 7.19. The van der Waals surface area contributed by atoms with E-state index in [1.807, 2.05) is 76.2 Å². The minimum Gasteiger partial charge on any atom is -0.443 e. The summed E-state index contributed by atoms with van der Waals surface area (Å²) < 4.78 is 5.74. The van der Waals surface area contributed by atoms with Crippen molar-refractivity contribution in [1.82, 2.24) is 24.8 Å². The molecule has 0 N–H and O–H groups in total. The first-order valence-electron chi connectivity index (χ1n) is 15.7. The molecule has 1 fully saturated rings. The van der Waals surface area contributed by atoms with Gasteiger partial charge < -0.3 is 14.5 Å². The van der Waals surface area contributed by atoms with E-state index in [2.05, 4.69) is 31.8 Å². The molecule has 0 saturated carbocycles. The number of thiazole rings is 1. The molecule has 10 nitrogen and oxygen atoms in total. The van der Waals surface area contributed by atoms with Crippen LogP contribution >= 0.6 is 11.3 Å². The van der Waals surface area contributed by atoms with Gasteiger partial charge in [0.1, 0.15) is 17.2 Å². The number of carbonyl (C=O) groups excluding carboxylic acids is 2. The number of fused-ring (bicyclic) bond motifs is 1. The molecule has 0 bridgehead atoms. The molecule has 1 aliphatic heterocycles. The summed E-state index contributed by atoms with van der Waals surface area (Å²) in [4.78, 5) is 51.9. The Morgan fingerprint density at radius 2 is 1.70 bits per heavy atom. The van der Waals surface area contributed by atoms with E-state index < -0.39 is 11.7 Å². The molecule has 1 saturated heterocycles. The highest BCUT2D eigenvalue weighted by Gasteiger charge is 2.26. The van der Waals surface area contributed by atoms with Crippen LogP contribution in [0.5, 0.6) is 0 Å². The molecule has 0 unspecified atom stereocenters. The van der Waals surface area contributed by atoms with Gasteiger partial charge in [-0.2, -0.15) is 0 Å². The maximum absolute atomic E-state index is 13.3. The fourth-order valence-corrected chi connectivity index (χ4v) is 6.17. The van der Waals surface area contributed by atoms with Gasteiger partial charge in [-0.3, -0.25) is 4.79 Å². The monoisotopic (exact) mass is 649 g/mol. The first-order chi connectivity index (χ1) is 22.5. The largest absolute Gasteiger partial charge is 0.443 e. The third-order valence-electron chi connectivity index (χ3n) is 7.93. The van der Waals surface area contributed by atoms with Gasteiger partial charge in [-0.1, -0.05) is 53.3 Å². The van der Waals surface area contributed by atoms with E-state index in [0.717, 1.165) is 64.5 Å². The number of benzene rings is 2. The van der Waals surface area contributed by atoms with Gasteiger partial charge in [0.15, 0.2) is 10.9 Å². The molecule has 1 amide bonds. The summed E-state index contributed by atoms with van der Waals surface area (Å²) in [5, 5.41) is 1.41. The lowest BCUT2D eigenvalue weighted by Crippen LogP contribution is -2.44. The van der Waals surface area contributed by atoms with Crippen molar-refractivity contribution < 1.29 is 14.3 Å². The number of Topliss-reactive ketones (excluding diaryl/α,β-unsaturated/α-hetero) is 1. The number of amides is 1. The smallest absolute Gasteiger partial charge is 0.416 e. The average Bonchev–Trinajstić information content (AvgIpc) is 3.54. The van der Waals surface area contributed by atoms with Gasteiger partial charge in [0.2, 0.25) is 0 Å². The van der Waals surface area contributed by atoms with Gasteiger partial charge in [-0.25, -0.2) is 29.6 Å². The van der Waals surface area contributed by atoms with E-state index in [4.69, 9.17) is 9.72 Å². The van der Waals surface area contributed by atoms with Crippen LogP contribution in [0, 0.1) is 6.92 Å². The number of ether oxygens (including phenoxy) is 1. The van der Waals surface area contributed by atoms with Crippen LogP contribution in [-0.2, 0) is 17.7 Å². The quantitative estimate of drug-likeness (QED) is 0.173. The maximum atomic E-state index is 13.3. The lowest BCUT2D eigenvalue weighted by molar-refractivity contribution is 0.0577. The Bertz CT molecular complexity index is 1890. The Hall–Kier alpha value is -4.74. The standard InChI is InChI=1S/C36H39N7O3S/c1-24-6-8-25(9-7-24)23-43(35(45)46-36(2,3)4)34-39-22-31(47-34)27-10-11-28-21-38-32(40-29(28)18-27)20-30(44)26-12-13-37-33(19-26)42-16-14-41(5)15-17-42/h6-13,18-19,21-22H,14-17,20,23H2,1-5H3. The van der Waals surface area contributed by atoms with Gasteiger partial charge in [-0.15, -0.1) is 0 Å². The molecule has 6 rings (SSSR count). The molecule has 3 aromatic heterocycles. The lowest BCUT2D eigenvalue weighted by atomic mass is 10.1. The summed E-state index contributed by atoms with van der Waals surface area (Å²) in [5.41, 5.74) is 3.71. The van der Waals surface area contributed by atoms with Gasteiger partial charge >= 0.3 is 6.09 Å². The second-order valence-corrected chi connectivity index (χ2v) is 13.9. The minimum atomic E-state index is -0.649. The maximum Gasteiger partial charge on any atom is 0.416 e. The molecule has 242 valence electrons. The normalized spacial score (nSPS) is 13.9. The molecule has 0 aliphatic carbocycles. The first-order valence-corrected chi connectivity index (χ1v) is 16.5. The Labute approximate surface area is 279 Å². The van der Waals surface area contributed by atoms with Crippen molar-refractivity contribution in [3.63, 3.8) is 0 Å². The highest BCUT2D eigenvalue weighted by atomic mass is 32.1. The number of piperazine rings is 1. The number of aromatic nitrogens is 4. The van der Waals surface area contributed by atoms with Crippen LogP contribution in [0.4, 0.5) is 15.7 Å². The fourth-order valence-electron chi connectivity index (χ4n) is 5.27. The zero-order chi connectivity index (χ0) is 33.1. The molecule has 0 atom stereocenters. The fraction of sp³-hybridized carbons (Fsp3) is 0.333. The summed E-state index contributed by atoms with van der Waals surface area (Å²) in [5.74, 6) is 1.22. The molecule has 0 spiro atoms. The van der Waals surface area contributed by atoms with Crippen LogP contribution in [0.1, 0.15) is 48.1 Å². The second kappa shape index (κ2) is 13.5. The van der Waals surface area contributed by atoms with Crippen LogP contribution < -0.4 is 9.80 Å². The number of carbonyl (C=O) groups is 2. The van der Waals surface area contributed by atoms with Gasteiger partial charge in [0, 0.05) is 55.7 Å². The van der Waals surface area contributed by atoms with E-state index in [1.54, 1.807) is 29.6 Å². The number of pyridine rings is 1. The second-order valence-electron chi connectivity index (χ2n) is 12.9. The van der Waals surface area contributed by atoms with Crippen LogP contribution in [0.25, 0.3) is 21.3 Å². The van der Waals surface area contributed by atoms with Crippen molar-refractivity contribution in [3.05, 3.63) is 95.7 Å². The molecule has 2 aromatic carbocycles. The van der Waals surface area contributed by atoms with Gasteiger partial charge in [-0.05, 0) is 64.1 Å². The molecule has 0 radical (unpaired) electrons. The van der Waals surface area contributed by atoms with Crippen molar-refractivity contribution in [2.45, 2.75) is 46.3 Å². The van der Waals surface area contributed by atoms with Crippen LogP contribution in [-0.4, -0.2) is 75.5 Å². The SMILES string of the molecule is Cc1ccc(CN(C(=O)OC(C)(C)C)c2ncc(-c3ccc4cnc(CC(=O)c5ccnc(N6CCN(C)CC6)c5)nc4c3)s2)cc1. The van der Waals surface area contributed by atoms with E-state index in [-0.39, 0.29) is 12.2 Å². The minimum absolute atomic E-state index is 0.0545. The molecule has 1 aliphatic rings. The predicted octanol–water partition coefficient (Wildman–Crippen LogP) is 6.58. The molecular weight excluding hydrogens is 611 g/mol. The van der Waals surface area contributed by atoms with Crippen LogP contribution in [0.15, 0.2) is 73.2 Å². The Morgan fingerprint density at radius 1 is 0.936 bits per heavy atom. The molecular formula is C36H39N7O3S. The Morgan fingerprint density at radius 3 is 2.45 bits per heavy atom. The van der Waals surface area contributed by atoms with Gasteiger partial charge in [0.05, 0.1) is 23.4 Å². The Kier molecular flexibility index (Phi) is 9.28. The number of ketones is 1. The summed E-state index contributed by atoms with van der Waals surface area (Å²) in [7, 11) is 2.11. The van der Waals surface area contributed by atoms with Crippen LogP contribution in [0.2, 0.25) is 0 Å². The number of hydrogen-bond donors (Lipinski definition) is 0. The topological polar surface area (TPSA) is 105 Å². The summed E-state index contributed by atoms with van der Waals surface area (Å²) >= 11 is 1.41. The zero-order valence-electron chi connectivity index (χ0n) is 27.4. The Balaban J connectivity index is 1.21. The first kappa shape index (κ1) is 32.2.